The maximum atomic E-state index is 6.24. The van der Waals surface area contributed by atoms with Crippen LogP contribution in [-0.2, 0) is 19.5 Å². The highest BCUT2D eigenvalue weighted by Crippen LogP contribution is 2.25. The summed E-state index contributed by atoms with van der Waals surface area (Å²) in [4.78, 5) is 4.07. The van der Waals surface area contributed by atoms with E-state index in [2.05, 4.69) is 28.5 Å². The van der Waals surface area contributed by atoms with Gasteiger partial charge in [-0.05, 0) is 48.0 Å². The van der Waals surface area contributed by atoms with Gasteiger partial charge in [0.05, 0.1) is 0 Å². The van der Waals surface area contributed by atoms with Crippen LogP contribution in [0.3, 0.4) is 0 Å². The van der Waals surface area contributed by atoms with Gasteiger partial charge in [-0.2, -0.15) is 0 Å². The fraction of sp³-hybridized carbons (Fsp3) is 0.333. The van der Waals surface area contributed by atoms with Crippen molar-refractivity contribution in [3.8, 4) is 0 Å². The Balaban J connectivity index is 0.00000133. The van der Waals surface area contributed by atoms with Crippen molar-refractivity contribution < 1.29 is 0 Å². The summed E-state index contributed by atoms with van der Waals surface area (Å²) in [5.74, 6) is 0. The second kappa shape index (κ2) is 6.76. The topological polar surface area (TPSA) is 3.24 Å². The molecule has 1 nitrogen and oxygen atoms in total. The summed E-state index contributed by atoms with van der Waals surface area (Å²) >= 11 is 8.14. The molecule has 4 heteroatoms. The zero-order valence-corrected chi connectivity index (χ0v) is 13.0. The monoisotopic (exact) mass is 313 g/mol. The third kappa shape index (κ3) is 3.51. The summed E-state index contributed by atoms with van der Waals surface area (Å²) in [5, 5.41) is 3.09. The number of hydrogen-bond donors (Lipinski definition) is 0. The molecule has 0 saturated heterocycles. The Morgan fingerprint density at radius 3 is 2.89 bits per heavy atom. The van der Waals surface area contributed by atoms with Crippen LogP contribution in [0.5, 0.6) is 0 Å². The molecule has 1 aliphatic rings. The predicted molar refractivity (Wildman–Crippen MR) is 85.5 cm³/mol. The zero-order chi connectivity index (χ0) is 12.4. The van der Waals surface area contributed by atoms with E-state index in [-0.39, 0.29) is 12.4 Å². The van der Waals surface area contributed by atoms with Gasteiger partial charge in [-0.15, -0.1) is 23.7 Å². The molecule has 0 N–H and O–H groups in total. The van der Waals surface area contributed by atoms with E-state index in [0.29, 0.717) is 0 Å². The first-order chi connectivity index (χ1) is 8.83. The third-order valence-electron chi connectivity index (χ3n) is 3.46. The summed E-state index contributed by atoms with van der Waals surface area (Å²) in [6.07, 6.45) is 2.48. The summed E-state index contributed by atoms with van der Waals surface area (Å²) in [6.45, 7) is 3.17. The number of thiophene rings is 1. The molecule has 19 heavy (non-hydrogen) atoms. The number of halogens is 2. The van der Waals surface area contributed by atoms with Crippen molar-refractivity contribution in [3.63, 3.8) is 0 Å². The summed E-state index contributed by atoms with van der Waals surface area (Å²) in [7, 11) is 0. The van der Waals surface area contributed by atoms with Gasteiger partial charge in [-0.3, -0.25) is 4.90 Å². The molecule has 0 atom stereocenters. The van der Waals surface area contributed by atoms with Crippen LogP contribution in [0.4, 0.5) is 0 Å². The Hall–Kier alpha value is -0.540. The molecule has 0 radical (unpaired) electrons. The highest BCUT2D eigenvalue weighted by atomic mass is 35.5. The molecule has 1 aromatic carbocycles. The quantitative estimate of drug-likeness (QED) is 0.771. The van der Waals surface area contributed by atoms with Gasteiger partial charge in [0.1, 0.15) is 0 Å². The Kier molecular flexibility index (Phi) is 5.28. The normalized spacial score (nSPS) is 15.4. The van der Waals surface area contributed by atoms with E-state index in [9.17, 15) is 0 Å². The highest BCUT2D eigenvalue weighted by Gasteiger charge is 2.16. The van der Waals surface area contributed by atoms with Gasteiger partial charge in [0.25, 0.3) is 0 Å². The van der Waals surface area contributed by atoms with Crippen molar-refractivity contribution in [1.29, 1.82) is 0 Å². The van der Waals surface area contributed by atoms with Crippen molar-refractivity contribution in [2.24, 2.45) is 0 Å². The molecular weight excluding hydrogens is 297 g/mol. The van der Waals surface area contributed by atoms with E-state index >= 15 is 0 Å². The Bertz CT molecular complexity index is 538. The second-order valence-electron chi connectivity index (χ2n) is 4.77. The van der Waals surface area contributed by atoms with Crippen LogP contribution in [-0.4, -0.2) is 11.4 Å². The molecule has 2 heterocycles. The lowest BCUT2D eigenvalue weighted by Crippen LogP contribution is -2.22. The number of fused-ring (bicyclic) bond motifs is 1. The molecule has 0 aliphatic carbocycles. The van der Waals surface area contributed by atoms with Crippen LogP contribution in [0.2, 0.25) is 5.02 Å². The molecule has 1 aromatic heterocycles. The first kappa shape index (κ1) is 14.9. The van der Waals surface area contributed by atoms with E-state index in [4.69, 9.17) is 11.6 Å². The maximum Gasteiger partial charge on any atom is 0.0451 e. The Morgan fingerprint density at radius 2 is 2.05 bits per heavy atom. The number of rotatable bonds is 2. The van der Waals surface area contributed by atoms with Gasteiger partial charge in [-0.1, -0.05) is 29.8 Å². The van der Waals surface area contributed by atoms with Crippen LogP contribution < -0.4 is 0 Å². The van der Waals surface area contributed by atoms with Crippen molar-refractivity contribution in [2.75, 3.05) is 6.54 Å². The molecule has 0 spiro atoms. The average Bonchev–Trinajstić information content (AvgIpc) is 2.71. The molecule has 102 valence electrons. The second-order valence-corrected chi connectivity index (χ2v) is 6.18. The number of hydrogen-bond acceptors (Lipinski definition) is 2. The molecule has 0 saturated carbocycles. The van der Waals surface area contributed by atoms with Crippen LogP contribution in [0.1, 0.15) is 22.4 Å². The van der Waals surface area contributed by atoms with E-state index in [1.165, 1.54) is 24.0 Å². The zero-order valence-electron chi connectivity index (χ0n) is 10.6. The van der Waals surface area contributed by atoms with Gasteiger partial charge < -0.3 is 0 Å². The minimum atomic E-state index is 0. The summed E-state index contributed by atoms with van der Waals surface area (Å²) < 4.78 is 0. The minimum Gasteiger partial charge on any atom is -0.295 e. The molecule has 0 fully saturated rings. The van der Waals surface area contributed by atoms with Gasteiger partial charge >= 0.3 is 0 Å². The van der Waals surface area contributed by atoms with E-state index < -0.39 is 0 Å². The maximum absolute atomic E-state index is 6.24. The summed E-state index contributed by atoms with van der Waals surface area (Å²) in [6, 6.07) is 10.4. The van der Waals surface area contributed by atoms with Crippen molar-refractivity contribution >= 4 is 35.3 Å². The van der Waals surface area contributed by atoms with E-state index in [0.717, 1.165) is 24.7 Å². The lowest BCUT2D eigenvalue weighted by Gasteiger charge is -2.20. The van der Waals surface area contributed by atoms with Crippen LogP contribution in [0.15, 0.2) is 35.7 Å². The molecule has 3 rings (SSSR count). The molecule has 0 amide bonds. The van der Waals surface area contributed by atoms with Gasteiger partial charge in [-0.25, -0.2) is 0 Å². The van der Waals surface area contributed by atoms with Crippen molar-refractivity contribution in [3.05, 3.63) is 56.7 Å². The molecule has 0 bridgehead atoms. The smallest absolute Gasteiger partial charge is 0.0451 e. The van der Waals surface area contributed by atoms with Crippen molar-refractivity contribution in [1.82, 2.24) is 4.90 Å². The fourth-order valence-electron chi connectivity index (χ4n) is 2.51. The molecule has 0 unspecified atom stereocenters. The van der Waals surface area contributed by atoms with Gasteiger partial charge in [0.2, 0.25) is 0 Å². The highest BCUT2D eigenvalue weighted by molar-refractivity contribution is 7.10. The molecular formula is C15H17Cl2NS. The van der Waals surface area contributed by atoms with E-state index in [1.807, 2.05) is 23.5 Å². The number of nitrogens with zero attached hydrogens (tertiary/aromatic N) is 1. The fourth-order valence-corrected chi connectivity index (χ4v) is 3.65. The third-order valence-corrected chi connectivity index (χ3v) is 4.85. The first-order valence-electron chi connectivity index (χ1n) is 6.34. The lowest BCUT2D eigenvalue weighted by molar-refractivity contribution is 0.261. The van der Waals surface area contributed by atoms with Crippen LogP contribution in [0, 0.1) is 0 Å². The number of aryl methyl sites for hydroxylation is 1. The Morgan fingerprint density at radius 1 is 1.21 bits per heavy atom. The van der Waals surface area contributed by atoms with Gasteiger partial charge in [0, 0.05) is 23.0 Å². The van der Waals surface area contributed by atoms with Gasteiger partial charge in [0.15, 0.2) is 0 Å². The standard InChI is InChI=1S/C15H16ClNS.ClH/c16-14-5-2-1-4-12(14)10-17-8-3-6-15-13(11-17)7-9-18-15;/h1-2,4-5,7,9H,3,6,8,10-11H2;1H. The van der Waals surface area contributed by atoms with E-state index in [1.54, 1.807) is 4.88 Å². The Labute approximate surface area is 129 Å². The lowest BCUT2D eigenvalue weighted by atomic mass is 10.2. The van der Waals surface area contributed by atoms with Crippen molar-refractivity contribution in [2.45, 2.75) is 25.9 Å². The largest absolute Gasteiger partial charge is 0.295 e. The summed E-state index contributed by atoms with van der Waals surface area (Å²) in [5.41, 5.74) is 2.74. The SMILES string of the molecule is Cl.Clc1ccccc1CN1CCCc2sccc2C1. The minimum absolute atomic E-state index is 0. The predicted octanol–water partition coefficient (Wildman–Crippen LogP) is 4.77. The molecule has 1 aliphatic heterocycles. The number of benzene rings is 1. The van der Waals surface area contributed by atoms with Crippen LogP contribution in [0.25, 0.3) is 0 Å². The molecule has 2 aromatic rings. The first-order valence-corrected chi connectivity index (χ1v) is 7.60. The van der Waals surface area contributed by atoms with Crippen LogP contribution >= 0.6 is 35.3 Å². The average molecular weight is 314 g/mol.